The first-order valence-electron chi connectivity index (χ1n) is 10.6. The number of amides is 4. The minimum absolute atomic E-state index is 0.169. The molecule has 0 saturated heterocycles. The number of nitrogens with zero attached hydrogens (tertiary/aromatic N) is 1. The minimum atomic E-state index is -1.05. The van der Waals surface area contributed by atoms with Crippen LogP contribution in [-0.2, 0) is 16.0 Å². The Bertz CT molecular complexity index is 1220. The quantitative estimate of drug-likeness (QED) is 0.569. The van der Waals surface area contributed by atoms with Gasteiger partial charge in [-0.1, -0.05) is 48.5 Å². The Labute approximate surface area is 191 Å². The Morgan fingerprint density at radius 2 is 1.33 bits per heavy atom. The van der Waals surface area contributed by atoms with Crippen molar-refractivity contribution in [3.05, 3.63) is 95.1 Å². The molecule has 1 unspecified atom stereocenters. The van der Waals surface area contributed by atoms with E-state index in [1.54, 1.807) is 49.4 Å². The lowest BCUT2D eigenvalue weighted by atomic mass is 10.0. The summed E-state index contributed by atoms with van der Waals surface area (Å²) in [4.78, 5) is 52.2. The van der Waals surface area contributed by atoms with Crippen molar-refractivity contribution in [1.29, 1.82) is 0 Å². The van der Waals surface area contributed by atoms with Crippen LogP contribution in [-0.4, -0.2) is 34.6 Å². The molecule has 7 heteroatoms. The average Bonchev–Trinajstić information content (AvgIpc) is 3.05. The molecule has 0 aromatic heterocycles. The lowest BCUT2D eigenvalue weighted by Crippen LogP contribution is -2.48. The lowest BCUT2D eigenvalue weighted by Gasteiger charge is -2.26. The van der Waals surface area contributed by atoms with Crippen molar-refractivity contribution in [3.8, 4) is 0 Å². The summed E-state index contributed by atoms with van der Waals surface area (Å²) >= 11 is 0. The van der Waals surface area contributed by atoms with Crippen molar-refractivity contribution in [3.63, 3.8) is 0 Å². The second-order valence-electron chi connectivity index (χ2n) is 7.88. The molecule has 1 atom stereocenters. The zero-order valence-corrected chi connectivity index (χ0v) is 18.3. The minimum Gasteiger partial charge on any atom is -0.326 e. The molecule has 7 nitrogen and oxygen atoms in total. The molecule has 0 bridgehead atoms. The van der Waals surface area contributed by atoms with Crippen LogP contribution in [0, 0.1) is 6.92 Å². The summed E-state index contributed by atoms with van der Waals surface area (Å²) < 4.78 is 0. The molecule has 1 heterocycles. The summed E-state index contributed by atoms with van der Waals surface area (Å²) in [5, 5.41) is 5.58. The number of carbonyl (C=O) groups is 4. The van der Waals surface area contributed by atoms with E-state index in [0.717, 1.165) is 10.5 Å². The van der Waals surface area contributed by atoms with Crippen LogP contribution in [0.25, 0.3) is 0 Å². The van der Waals surface area contributed by atoms with Crippen LogP contribution >= 0.6 is 0 Å². The van der Waals surface area contributed by atoms with E-state index in [9.17, 15) is 19.2 Å². The van der Waals surface area contributed by atoms with E-state index in [-0.39, 0.29) is 23.5 Å². The number of carbonyl (C=O) groups excluding carboxylic acids is 4. The molecule has 0 saturated carbocycles. The van der Waals surface area contributed by atoms with Crippen molar-refractivity contribution >= 4 is 35.0 Å². The first-order chi connectivity index (χ1) is 15.9. The molecule has 1 aliphatic heterocycles. The van der Waals surface area contributed by atoms with Crippen LogP contribution in [0.2, 0.25) is 0 Å². The van der Waals surface area contributed by atoms with Crippen molar-refractivity contribution in [1.82, 2.24) is 4.90 Å². The van der Waals surface area contributed by atoms with Gasteiger partial charge in [-0.3, -0.25) is 24.1 Å². The maximum absolute atomic E-state index is 13.5. The van der Waals surface area contributed by atoms with Gasteiger partial charge in [0.2, 0.25) is 11.8 Å². The predicted octanol–water partition coefficient (Wildman–Crippen LogP) is 3.80. The monoisotopic (exact) mass is 441 g/mol. The SMILES string of the molecule is CC(=O)Nc1cccc(NC(=O)C(Cc2ccccc2)N2C(=O)c3ccccc3C2=O)c1C. The standard InChI is InChI=1S/C26H23N3O4/c1-16-21(27-17(2)30)13-8-14-22(16)28-24(31)23(15-18-9-4-3-5-10-18)29-25(32)19-11-6-7-12-20(19)26(29)33/h3-14,23H,15H2,1-2H3,(H,27,30)(H,28,31). The fourth-order valence-corrected chi connectivity index (χ4v) is 3.94. The van der Waals surface area contributed by atoms with Gasteiger partial charge < -0.3 is 10.6 Å². The van der Waals surface area contributed by atoms with Gasteiger partial charge in [0, 0.05) is 24.7 Å². The number of hydrogen-bond donors (Lipinski definition) is 2. The molecule has 1 aliphatic rings. The van der Waals surface area contributed by atoms with Crippen LogP contribution in [0.4, 0.5) is 11.4 Å². The predicted molar refractivity (Wildman–Crippen MR) is 125 cm³/mol. The summed E-state index contributed by atoms with van der Waals surface area (Å²) in [6.07, 6.45) is 0.169. The van der Waals surface area contributed by atoms with Crippen LogP contribution in [0.5, 0.6) is 0 Å². The molecular weight excluding hydrogens is 418 g/mol. The van der Waals surface area contributed by atoms with Gasteiger partial charge in [-0.05, 0) is 42.3 Å². The van der Waals surface area contributed by atoms with Crippen LogP contribution in [0.3, 0.4) is 0 Å². The Hall–Kier alpha value is -4.26. The van der Waals surface area contributed by atoms with Gasteiger partial charge >= 0.3 is 0 Å². The zero-order valence-electron chi connectivity index (χ0n) is 18.3. The number of rotatable bonds is 6. The Morgan fingerprint density at radius 1 is 0.788 bits per heavy atom. The first-order valence-corrected chi connectivity index (χ1v) is 10.6. The molecule has 33 heavy (non-hydrogen) atoms. The number of imide groups is 1. The van der Waals surface area contributed by atoms with Gasteiger partial charge in [0.25, 0.3) is 11.8 Å². The number of anilines is 2. The third kappa shape index (κ3) is 4.39. The Kier molecular flexibility index (Phi) is 6.04. The van der Waals surface area contributed by atoms with E-state index in [4.69, 9.17) is 0 Å². The Balaban J connectivity index is 1.68. The molecule has 166 valence electrons. The van der Waals surface area contributed by atoms with Gasteiger partial charge in [-0.2, -0.15) is 0 Å². The maximum atomic E-state index is 13.5. The summed E-state index contributed by atoms with van der Waals surface area (Å²) in [5.74, 6) is -1.70. The number of nitrogens with one attached hydrogen (secondary N) is 2. The molecule has 4 rings (SSSR count). The zero-order chi connectivity index (χ0) is 23.5. The lowest BCUT2D eigenvalue weighted by molar-refractivity contribution is -0.120. The molecule has 2 N–H and O–H groups in total. The van der Waals surface area contributed by atoms with Gasteiger partial charge in [-0.25, -0.2) is 0 Å². The topological polar surface area (TPSA) is 95.6 Å². The molecule has 0 aliphatic carbocycles. The maximum Gasteiger partial charge on any atom is 0.262 e. The van der Waals surface area contributed by atoms with Gasteiger partial charge in [-0.15, -0.1) is 0 Å². The average molecular weight is 441 g/mol. The highest BCUT2D eigenvalue weighted by molar-refractivity contribution is 6.23. The van der Waals surface area contributed by atoms with E-state index in [2.05, 4.69) is 10.6 Å². The summed E-state index contributed by atoms with van der Waals surface area (Å²) in [5.41, 5.74) is 3.12. The van der Waals surface area contributed by atoms with Crippen molar-refractivity contribution in [2.75, 3.05) is 10.6 Å². The molecule has 0 radical (unpaired) electrons. The molecular formula is C26H23N3O4. The molecule has 3 aromatic carbocycles. The van der Waals surface area contributed by atoms with E-state index < -0.39 is 23.8 Å². The molecule has 0 fully saturated rings. The highest BCUT2D eigenvalue weighted by atomic mass is 16.2. The third-order valence-electron chi connectivity index (χ3n) is 5.61. The molecule has 0 spiro atoms. The highest BCUT2D eigenvalue weighted by Gasteiger charge is 2.42. The van der Waals surface area contributed by atoms with E-state index in [1.165, 1.54) is 6.92 Å². The molecule has 3 aromatic rings. The Morgan fingerprint density at radius 3 is 1.91 bits per heavy atom. The highest BCUT2D eigenvalue weighted by Crippen LogP contribution is 2.28. The smallest absolute Gasteiger partial charge is 0.262 e. The van der Waals surface area contributed by atoms with Crippen molar-refractivity contribution in [2.24, 2.45) is 0 Å². The fourth-order valence-electron chi connectivity index (χ4n) is 3.94. The van der Waals surface area contributed by atoms with Gasteiger partial charge in [0.05, 0.1) is 11.1 Å². The number of hydrogen-bond acceptors (Lipinski definition) is 4. The second kappa shape index (κ2) is 9.08. The summed E-state index contributed by atoms with van der Waals surface area (Å²) in [7, 11) is 0. The van der Waals surface area contributed by atoms with Crippen LogP contribution in [0.1, 0.15) is 38.8 Å². The summed E-state index contributed by atoms with van der Waals surface area (Å²) in [6.45, 7) is 3.18. The third-order valence-corrected chi connectivity index (χ3v) is 5.61. The van der Waals surface area contributed by atoms with E-state index >= 15 is 0 Å². The van der Waals surface area contributed by atoms with Crippen LogP contribution < -0.4 is 10.6 Å². The second-order valence-corrected chi connectivity index (χ2v) is 7.88. The summed E-state index contributed by atoms with van der Waals surface area (Å²) in [6, 6.07) is 19.9. The van der Waals surface area contributed by atoms with Gasteiger partial charge in [0.1, 0.15) is 6.04 Å². The largest absolute Gasteiger partial charge is 0.326 e. The van der Waals surface area contributed by atoms with Crippen molar-refractivity contribution < 1.29 is 19.2 Å². The number of fused-ring (bicyclic) bond motifs is 1. The van der Waals surface area contributed by atoms with Gasteiger partial charge in [0.15, 0.2) is 0 Å². The van der Waals surface area contributed by atoms with E-state index in [0.29, 0.717) is 16.9 Å². The fraction of sp³-hybridized carbons (Fsp3) is 0.154. The van der Waals surface area contributed by atoms with Crippen LogP contribution in [0.15, 0.2) is 72.8 Å². The normalized spacial score (nSPS) is 13.5. The van der Waals surface area contributed by atoms with E-state index in [1.807, 2.05) is 30.3 Å². The first kappa shape index (κ1) is 22.0. The molecule has 4 amide bonds. The van der Waals surface area contributed by atoms with Crippen molar-refractivity contribution in [2.45, 2.75) is 26.3 Å². The number of benzene rings is 3.